The Kier molecular flexibility index (Phi) is 5.78. The van der Waals surface area contributed by atoms with Gasteiger partial charge >= 0.3 is 0 Å². The number of aliphatic hydroxyl groups excluding tert-OH is 1. The van der Waals surface area contributed by atoms with Gasteiger partial charge in [-0.2, -0.15) is 0 Å². The molecule has 1 saturated heterocycles. The average Bonchev–Trinajstić information content (AvgIpc) is 2.47. The normalized spacial score (nSPS) is 18.2. The molecule has 1 heterocycles. The van der Waals surface area contributed by atoms with Crippen LogP contribution in [-0.2, 0) is 0 Å². The van der Waals surface area contributed by atoms with Crippen molar-refractivity contribution in [2.75, 3.05) is 32.8 Å². The number of piperazine rings is 1. The molecule has 0 spiro atoms. The minimum absolute atomic E-state index is 0.0587. The van der Waals surface area contributed by atoms with Gasteiger partial charge in [0.25, 0.3) is 0 Å². The van der Waals surface area contributed by atoms with Gasteiger partial charge in [-0.25, -0.2) is 4.39 Å². The van der Waals surface area contributed by atoms with E-state index in [1.54, 1.807) is 19.1 Å². The van der Waals surface area contributed by atoms with Crippen molar-refractivity contribution in [3.05, 3.63) is 34.1 Å². The second-order valence-corrected chi connectivity index (χ2v) is 5.67. The van der Waals surface area contributed by atoms with Crippen LogP contribution in [-0.4, -0.2) is 42.8 Å². The molecule has 2 N–H and O–H groups in total. The second kappa shape index (κ2) is 7.36. The third-order valence-electron chi connectivity index (χ3n) is 3.88. The number of nitrogens with one attached hydrogen (secondary N) is 1. The monoisotopic (exact) mass is 300 g/mol. The lowest BCUT2D eigenvalue weighted by atomic mass is 9.97. The first-order valence-electron chi connectivity index (χ1n) is 7.15. The minimum atomic E-state index is -0.209. The van der Waals surface area contributed by atoms with Gasteiger partial charge < -0.3 is 10.4 Å². The van der Waals surface area contributed by atoms with E-state index in [2.05, 4.69) is 10.2 Å². The smallest absolute Gasteiger partial charge is 0.132 e. The standard InChI is InChI=1S/C15H22ClFN2O/c1-11-4-5-12(16)14(15(11)17)13(3-2-10-20)19-8-6-18-7-9-19/h4-5,13,18,20H,2-3,6-10H2,1H3/t13-/m0/s1. The molecule has 1 aromatic carbocycles. The number of benzene rings is 1. The Labute approximate surface area is 124 Å². The molecule has 5 heteroatoms. The first-order chi connectivity index (χ1) is 9.65. The van der Waals surface area contributed by atoms with Crippen LogP contribution in [0.4, 0.5) is 4.39 Å². The van der Waals surface area contributed by atoms with Gasteiger partial charge in [-0.15, -0.1) is 0 Å². The Morgan fingerprint density at radius 3 is 2.75 bits per heavy atom. The van der Waals surface area contributed by atoms with Crippen molar-refractivity contribution < 1.29 is 9.50 Å². The highest BCUT2D eigenvalue weighted by Gasteiger charge is 2.27. The maximum absolute atomic E-state index is 14.5. The Morgan fingerprint density at radius 2 is 2.10 bits per heavy atom. The Bertz CT molecular complexity index is 450. The van der Waals surface area contributed by atoms with Crippen molar-refractivity contribution in [2.24, 2.45) is 0 Å². The Morgan fingerprint density at radius 1 is 1.40 bits per heavy atom. The highest BCUT2D eigenvalue weighted by Crippen LogP contribution is 2.34. The third kappa shape index (κ3) is 3.50. The Hall–Kier alpha value is -0.680. The van der Waals surface area contributed by atoms with Crippen molar-refractivity contribution in [3.63, 3.8) is 0 Å². The van der Waals surface area contributed by atoms with Crippen molar-refractivity contribution >= 4 is 11.6 Å². The maximum atomic E-state index is 14.5. The van der Waals surface area contributed by atoms with Crippen LogP contribution in [0.5, 0.6) is 0 Å². The third-order valence-corrected chi connectivity index (χ3v) is 4.21. The molecule has 1 aromatic rings. The molecule has 0 unspecified atom stereocenters. The molecule has 0 aliphatic carbocycles. The van der Waals surface area contributed by atoms with E-state index in [9.17, 15) is 4.39 Å². The lowest BCUT2D eigenvalue weighted by Crippen LogP contribution is -2.45. The van der Waals surface area contributed by atoms with E-state index in [1.807, 2.05) is 0 Å². The molecule has 0 saturated carbocycles. The summed E-state index contributed by atoms with van der Waals surface area (Å²) in [4.78, 5) is 2.26. The van der Waals surface area contributed by atoms with E-state index in [-0.39, 0.29) is 18.5 Å². The predicted octanol–water partition coefficient (Wildman–Crippen LogP) is 2.51. The van der Waals surface area contributed by atoms with Crippen molar-refractivity contribution in [1.29, 1.82) is 0 Å². The van der Waals surface area contributed by atoms with Gasteiger partial charge in [0.15, 0.2) is 0 Å². The molecule has 0 aromatic heterocycles. The van der Waals surface area contributed by atoms with Gasteiger partial charge in [0.2, 0.25) is 0 Å². The number of rotatable bonds is 5. The SMILES string of the molecule is Cc1ccc(Cl)c([C@H](CCCO)N2CCNCC2)c1F. The van der Waals surface area contributed by atoms with E-state index in [0.717, 1.165) is 32.6 Å². The van der Waals surface area contributed by atoms with Crippen LogP contribution in [0.25, 0.3) is 0 Å². The summed E-state index contributed by atoms with van der Waals surface area (Å²) in [6, 6.07) is 3.42. The topological polar surface area (TPSA) is 35.5 Å². The first kappa shape index (κ1) is 15.7. The molecule has 112 valence electrons. The summed E-state index contributed by atoms with van der Waals surface area (Å²) in [5.41, 5.74) is 1.20. The lowest BCUT2D eigenvalue weighted by molar-refractivity contribution is 0.151. The van der Waals surface area contributed by atoms with Crippen molar-refractivity contribution in [2.45, 2.75) is 25.8 Å². The van der Waals surface area contributed by atoms with Crippen LogP contribution in [0, 0.1) is 12.7 Å². The molecule has 1 fully saturated rings. The second-order valence-electron chi connectivity index (χ2n) is 5.26. The molecule has 0 bridgehead atoms. The van der Waals surface area contributed by atoms with E-state index in [0.29, 0.717) is 22.6 Å². The number of hydrogen-bond donors (Lipinski definition) is 2. The highest BCUT2D eigenvalue weighted by atomic mass is 35.5. The molecule has 1 aliphatic heterocycles. The van der Waals surface area contributed by atoms with Crippen LogP contribution in [0.15, 0.2) is 12.1 Å². The molecule has 1 aliphatic rings. The van der Waals surface area contributed by atoms with Crippen LogP contribution in [0.1, 0.15) is 30.0 Å². The van der Waals surface area contributed by atoms with Crippen LogP contribution in [0.3, 0.4) is 0 Å². The van der Waals surface area contributed by atoms with Crippen LogP contribution >= 0.6 is 11.6 Å². The van der Waals surface area contributed by atoms with Crippen molar-refractivity contribution in [3.8, 4) is 0 Å². The van der Waals surface area contributed by atoms with Crippen LogP contribution in [0.2, 0.25) is 5.02 Å². The maximum Gasteiger partial charge on any atom is 0.132 e. The van der Waals surface area contributed by atoms with Crippen molar-refractivity contribution in [1.82, 2.24) is 10.2 Å². The summed E-state index contributed by atoms with van der Waals surface area (Å²) >= 11 is 6.25. The van der Waals surface area contributed by atoms with E-state index in [1.165, 1.54) is 0 Å². The fourth-order valence-corrected chi connectivity index (χ4v) is 3.04. The van der Waals surface area contributed by atoms with Gasteiger partial charge in [0, 0.05) is 49.4 Å². The predicted molar refractivity (Wildman–Crippen MR) is 79.7 cm³/mol. The quantitative estimate of drug-likeness (QED) is 0.877. The molecule has 1 atom stereocenters. The zero-order valence-electron chi connectivity index (χ0n) is 11.8. The molecule has 0 amide bonds. The fraction of sp³-hybridized carbons (Fsp3) is 0.600. The summed E-state index contributed by atoms with van der Waals surface area (Å²) in [5.74, 6) is -0.209. The molecule has 2 rings (SSSR count). The number of halogens is 2. The summed E-state index contributed by atoms with van der Waals surface area (Å²) in [7, 11) is 0. The van der Waals surface area contributed by atoms with Gasteiger partial charge in [-0.1, -0.05) is 17.7 Å². The van der Waals surface area contributed by atoms with Gasteiger partial charge in [0.05, 0.1) is 0 Å². The number of nitrogens with zero attached hydrogens (tertiary/aromatic N) is 1. The first-order valence-corrected chi connectivity index (χ1v) is 7.53. The van der Waals surface area contributed by atoms with E-state index in [4.69, 9.17) is 16.7 Å². The Balaban J connectivity index is 2.32. The van der Waals surface area contributed by atoms with E-state index >= 15 is 0 Å². The lowest BCUT2D eigenvalue weighted by Gasteiger charge is -2.36. The number of aryl methyl sites for hydroxylation is 1. The molecule has 3 nitrogen and oxygen atoms in total. The van der Waals surface area contributed by atoms with Crippen LogP contribution < -0.4 is 5.32 Å². The summed E-state index contributed by atoms with van der Waals surface area (Å²) in [6.45, 7) is 5.44. The highest BCUT2D eigenvalue weighted by molar-refractivity contribution is 6.31. The molecular formula is C15H22ClFN2O. The van der Waals surface area contributed by atoms with E-state index < -0.39 is 0 Å². The number of aliphatic hydroxyl groups is 1. The fourth-order valence-electron chi connectivity index (χ4n) is 2.77. The summed E-state index contributed by atoms with van der Waals surface area (Å²) < 4.78 is 14.5. The molecule has 0 radical (unpaired) electrons. The summed E-state index contributed by atoms with van der Waals surface area (Å²) in [6.07, 6.45) is 1.37. The number of hydrogen-bond acceptors (Lipinski definition) is 3. The average molecular weight is 301 g/mol. The molecule has 20 heavy (non-hydrogen) atoms. The largest absolute Gasteiger partial charge is 0.396 e. The molecular weight excluding hydrogens is 279 g/mol. The minimum Gasteiger partial charge on any atom is -0.396 e. The zero-order chi connectivity index (χ0) is 14.5. The van der Waals surface area contributed by atoms with Gasteiger partial charge in [0.1, 0.15) is 5.82 Å². The zero-order valence-corrected chi connectivity index (χ0v) is 12.6. The summed E-state index contributed by atoms with van der Waals surface area (Å²) in [5, 5.41) is 12.9. The van der Waals surface area contributed by atoms with Gasteiger partial charge in [-0.05, 0) is 31.4 Å². The van der Waals surface area contributed by atoms with Gasteiger partial charge in [-0.3, -0.25) is 4.90 Å².